The van der Waals surface area contributed by atoms with E-state index in [4.69, 9.17) is 9.47 Å². The van der Waals surface area contributed by atoms with Gasteiger partial charge >= 0.3 is 5.97 Å². The van der Waals surface area contributed by atoms with Crippen LogP contribution in [0, 0.1) is 0 Å². The lowest BCUT2D eigenvalue weighted by Gasteiger charge is -2.08. The minimum atomic E-state index is -0.561. The summed E-state index contributed by atoms with van der Waals surface area (Å²) in [4.78, 5) is 11.4. The minimum Gasteiger partial charge on any atom is -0.467 e. The van der Waals surface area contributed by atoms with Gasteiger partial charge in [-0.2, -0.15) is 0 Å². The van der Waals surface area contributed by atoms with E-state index in [2.05, 4.69) is 6.92 Å². The molecule has 0 amide bonds. The number of rotatable bonds is 12. The number of carbonyl (C=O) groups is 1. The summed E-state index contributed by atoms with van der Waals surface area (Å²) in [5.74, 6) is -0.191. The smallest absolute Gasteiger partial charge is 0.340 e. The molecular weight excluding hydrogens is 240 g/mol. The third kappa shape index (κ3) is 6.42. The molecule has 0 N–H and O–H groups in total. The van der Waals surface area contributed by atoms with Crippen molar-refractivity contribution in [1.29, 1.82) is 0 Å². The fourth-order valence-corrected chi connectivity index (χ4v) is 2.54. The van der Waals surface area contributed by atoms with Crippen LogP contribution in [0.4, 0.5) is 0 Å². The minimum absolute atomic E-state index is 0.191. The Bertz CT molecular complexity index is 246. The quantitative estimate of drug-likeness (QED) is 0.302. The Morgan fingerprint density at radius 1 is 1.00 bits per heavy atom. The van der Waals surface area contributed by atoms with Crippen LogP contribution in [-0.4, -0.2) is 25.3 Å². The summed E-state index contributed by atoms with van der Waals surface area (Å²) in [6.07, 6.45) is 14.0. The maximum Gasteiger partial charge on any atom is 0.340 e. The lowest BCUT2D eigenvalue weighted by Crippen LogP contribution is -2.25. The molecule has 19 heavy (non-hydrogen) atoms. The van der Waals surface area contributed by atoms with Crippen LogP contribution in [0.5, 0.6) is 0 Å². The molecule has 0 saturated carbocycles. The molecule has 0 radical (unpaired) electrons. The predicted molar refractivity (Wildman–Crippen MR) is 77.2 cm³/mol. The first-order valence-corrected chi connectivity index (χ1v) is 7.97. The van der Waals surface area contributed by atoms with Gasteiger partial charge in [0.05, 0.1) is 13.7 Å². The van der Waals surface area contributed by atoms with Gasteiger partial charge in [0.1, 0.15) is 0 Å². The van der Waals surface area contributed by atoms with Crippen LogP contribution >= 0.6 is 0 Å². The van der Waals surface area contributed by atoms with Crippen LogP contribution in [0.2, 0.25) is 0 Å². The highest BCUT2D eigenvalue weighted by Crippen LogP contribution is 2.34. The monoisotopic (exact) mass is 270 g/mol. The van der Waals surface area contributed by atoms with E-state index in [0.717, 1.165) is 12.8 Å². The molecule has 0 aromatic heterocycles. The van der Waals surface area contributed by atoms with E-state index in [0.29, 0.717) is 6.61 Å². The molecule has 1 aliphatic rings. The Kier molecular flexibility index (Phi) is 8.11. The maximum atomic E-state index is 11.4. The summed E-state index contributed by atoms with van der Waals surface area (Å²) < 4.78 is 10.0. The Morgan fingerprint density at radius 3 is 1.89 bits per heavy atom. The first kappa shape index (κ1) is 16.5. The normalized spacial score (nSPS) is 21.4. The summed E-state index contributed by atoms with van der Waals surface area (Å²) in [6.45, 7) is 2.81. The summed E-state index contributed by atoms with van der Waals surface area (Å²) in [6, 6.07) is 0. The van der Waals surface area contributed by atoms with Crippen molar-refractivity contribution in [2.75, 3.05) is 13.7 Å². The molecule has 1 aliphatic heterocycles. The fraction of sp³-hybridized carbons (Fsp3) is 0.938. The Hall–Kier alpha value is -0.570. The molecule has 0 unspecified atom stereocenters. The first-order chi connectivity index (χ1) is 9.25. The number of esters is 1. The van der Waals surface area contributed by atoms with E-state index in [1.807, 2.05) is 0 Å². The zero-order valence-electron chi connectivity index (χ0n) is 12.7. The predicted octanol–water partition coefficient (Wildman–Crippen LogP) is 4.24. The molecule has 1 fully saturated rings. The molecule has 1 rings (SSSR count). The molecule has 0 aliphatic carbocycles. The highest BCUT2D eigenvalue weighted by molar-refractivity contribution is 5.82. The fourth-order valence-electron chi connectivity index (χ4n) is 2.54. The van der Waals surface area contributed by atoms with E-state index in [1.54, 1.807) is 0 Å². The third-order valence-corrected chi connectivity index (χ3v) is 3.98. The second-order valence-electron chi connectivity index (χ2n) is 5.71. The SMILES string of the molecule is CCCCCCCCCCCC[C@@]1(C(=O)OC)CO1. The molecule has 1 saturated heterocycles. The first-order valence-electron chi connectivity index (χ1n) is 7.97. The molecule has 1 heterocycles. The Balaban J connectivity index is 1.85. The molecule has 0 bridgehead atoms. The van der Waals surface area contributed by atoms with Crippen molar-refractivity contribution in [2.24, 2.45) is 0 Å². The number of carbonyl (C=O) groups excluding carboxylic acids is 1. The Morgan fingerprint density at radius 2 is 1.47 bits per heavy atom. The molecule has 112 valence electrons. The van der Waals surface area contributed by atoms with Crippen LogP contribution < -0.4 is 0 Å². The van der Waals surface area contributed by atoms with Crippen LogP contribution in [-0.2, 0) is 14.3 Å². The largest absolute Gasteiger partial charge is 0.467 e. The van der Waals surface area contributed by atoms with E-state index in [9.17, 15) is 4.79 Å². The molecule has 0 aromatic carbocycles. The number of methoxy groups -OCH3 is 1. The summed E-state index contributed by atoms with van der Waals surface area (Å²) in [5, 5.41) is 0. The number of unbranched alkanes of at least 4 members (excludes halogenated alkanes) is 9. The zero-order chi connectivity index (χ0) is 14.0. The molecule has 3 heteroatoms. The van der Waals surface area contributed by atoms with Gasteiger partial charge in [-0.25, -0.2) is 4.79 Å². The van der Waals surface area contributed by atoms with Gasteiger partial charge in [-0.15, -0.1) is 0 Å². The van der Waals surface area contributed by atoms with Crippen molar-refractivity contribution in [3.63, 3.8) is 0 Å². The standard InChI is InChI=1S/C16H30O3/c1-3-4-5-6-7-8-9-10-11-12-13-16(14-19-16)15(17)18-2/h3-14H2,1-2H3/t16-/m0/s1. The topological polar surface area (TPSA) is 38.8 Å². The van der Waals surface area contributed by atoms with Crippen molar-refractivity contribution in [3.05, 3.63) is 0 Å². The third-order valence-electron chi connectivity index (χ3n) is 3.98. The number of ether oxygens (including phenoxy) is 2. The van der Waals surface area contributed by atoms with Crippen molar-refractivity contribution in [2.45, 2.75) is 83.2 Å². The maximum absolute atomic E-state index is 11.4. The highest BCUT2D eigenvalue weighted by atomic mass is 16.6. The van der Waals surface area contributed by atoms with Crippen LogP contribution in [0.15, 0.2) is 0 Å². The van der Waals surface area contributed by atoms with Crippen LogP contribution in [0.1, 0.15) is 77.6 Å². The van der Waals surface area contributed by atoms with Gasteiger partial charge in [0.2, 0.25) is 0 Å². The van der Waals surface area contributed by atoms with E-state index >= 15 is 0 Å². The van der Waals surface area contributed by atoms with Gasteiger partial charge in [0.15, 0.2) is 5.60 Å². The van der Waals surface area contributed by atoms with E-state index in [1.165, 1.54) is 64.9 Å². The van der Waals surface area contributed by atoms with Crippen LogP contribution in [0.3, 0.4) is 0 Å². The zero-order valence-corrected chi connectivity index (χ0v) is 12.7. The number of epoxide rings is 1. The molecule has 0 spiro atoms. The number of hydrogen-bond donors (Lipinski definition) is 0. The van der Waals surface area contributed by atoms with Gasteiger partial charge in [-0.05, 0) is 12.8 Å². The highest BCUT2D eigenvalue weighted by Gasteiger charge is 2.52. The average molecular weight is 270 g/mol. The summed E-state index contributed by atoms with van der Waals surface area (Å²) in [5.41, 5.74) is -0.561. The van der Waals surface area contributed by atoms with Crippen LogP contribution in [0.25, 0.3) is 0 Å². The van der Waals surface area contributed by atoms with Crippen molar-refractivity contribution < 1.29 is 14.3 Å². The van der Waals surface area contributed by atoms with Crippen molar-refractivity contribution >= 4 is 5.97 Å². The average Bonchev–Trinajstić information content (AvgIpc) is 3.21. The van der Waals surface area contributed by atoms with Gasteiger partial charge in [-0.1, -0.05) is 64.7 Å². The van der Waals surface area contributed by atoms with Crippen molar-refractivity contribution in [3.8, 4) is 0 Å². The summed E-state index contributed by atoms with van der Waals surface area (Å²) in [7, 11) is 1.43. The lowest BCUT2D eigenvalue weighted by molar-refractivity contribution is -0.147. The molecular formula is C16H30O3. The van der Waals surface area contributed by atoms with E-state index in [-0.39, 0.29) is 5.97 Å². The molecule has 3 nitrogen and oxygen atoms in total. The van der Waals surface area contributed by atoms with Gasteiger partial charge < -0.3 is 9.47 Å². The summed E-state index contributed by atoms with van der Waals surface area (Å²) >= 11 is 0. The van der Waals surface area contributed by atoms with Gasteiger partial charge in [-0.3, -0.25) is 0 Å². The Labute approximate surface area is 118 Å². The van der Waals surface area contributed by atoms with Crippen molar-refractivity contribution in [1.82, 2.24) is 0 Å². The number of hydrogen-bond acceptors (Lipinski definition) is 3. The second kappa shape index (κ2) is 9.35. The van der Waals surface area contributed by atoms with E-state index < -0.39 is 5.60 Å². The van der Waals surface area contributed by atoms with Gasteiger partial charge in [0, 0.05) is 0 Å². The molecule has 0 aromatic rings. The van der Waals surface area contributed by atoms with Gasteiger partial charge in [0.25, 0.3) is 0 Å². The molecule has 1 atom stereocenters. The second-order valence-corrected chi connectivity index (χ2v) is 5.71. The lowest BCUT2D eigenvalue weighted by atomic mass is 10.0.